The number of nitrogens with zero attached hydrogens (tertiary/aromatic N) is 4. The maximum absolute atomic E-state index is 13.3. The molecule has 9 heteroatoms. The van der Waals surface area contributed by atoms with Crippen LogP contribution in [0.5, 0.6) is 11.5 Å². The molecule has 1 aromatic carbocycles. The van der Waals surface area contributed by atoms with Gasteiger partial charge in [-0.1, -0.05) is 5.16 Å². The quantitative estimate of drug-likeness (QED) is 0.508. The molecule has 0 aliphatic rings. The minimum Gasteiger partial charge on any atom is -0.497 e. The molecule has 0 aliphatic heterocycles. The summed E-state index contributed by atoms with van der Waals surface area (Å²) in [5, 5.41) is 11.8. The fourth-order valence-electron chi connectivity index (χ4n) is 3.51. The van der Waals surface area contributed by atoms with Crippen LogP contribution in [0.15, 0.2) is 41.2 Å². The monoisotopic (exact) mass is 421 g/mol. The molecule has 0 saturated heterocycles. The third-order valence-electron chi connectivity index (χ3n) is 5.11. The van der Waals surface area contributed by atoms with Crippen LogP contribution >= 0.6 is 0 Å². The van der Waals surface area contributed by atoms with E-state index in [2.05, 4.69) is 20.6 Å². The van der Waals surface area contributed by atoms with Gasteiger partial charge in [0, 0.05) is 24.4 Å². The van der Waals surface area contributed by atoms with E-state index in [0.717, 1.165) is 11.1 Å². The number of ether oxygens (including phenoxy) is 2. The summed E-state index contributed by atoms with van der Waals surface area (Å²) in [6.07, 6.45) is 3.51. The molecule has 1 amide bonds. The summed E-state index contributed by atoms with van der Waals surface area (Å²) in [4.78, 5) is 17.8. The number of carbonyl (C=O) groups is 1. The van der Waals surface area contributed by atoms with Crippen molar-refractivity contribution in [3.05, 3.63) is 53.5 Å². The van der Waals surface area contributed by atoms with Crippen molar-refractivity contribution in [2.45, 2.75) is 19.9 Å². The lowest BCUT2D eigenvalue weighted by molar-refractivity contribution is 0.0941. The van der Waals surface area contributed by atoms with Gasteiger partial charge in [0.25, 0.3) is 11.6 Å². The number of hydrogen-bond donors (Lipinski definition) is 1. The molecule has 0 radical (unpaired) electrons. The molecule has 0 spiro atoms. The minimum atomic E-state index is -0.345. The summed E-state index contributed by atoms with van der Waals surface area (Å²) in [7, 11) is 5.00. The number of rotatable bonds is 6. The van der Waals surface area contributed by atoms with Gasteiger partial charge in [-0.05, 0) is 38.1 Å². The average molecular weight is 421 g/mol. The zero-order chi connectivity index (χ0) is 22.1. The van der Waals surface area contributed by atoms with Gasteiger partial charge in [0.15, 0.2) is 0 Å². The number of amides is 1. The summed E-state index contributed by atoms with van der Waals surface area (Å²) >= 11 is 0. The zero-order valence-corrected chi connectivity index (χ0v) is 18.0. The first-order valence-electron chi connectivity index (χ1n) is 9.70. The van der Waals surface area contributed by atoms with Crippen LogP contribution in [-0.4, -0.2) is 40.0 Å². The van der Waals surface area contributed by atoms with Gasteiger partial charge in [-0.2, -0.15) is 5.10 Å². The molecule has 160 valence electrons. The summed E-state index contributed by atoms with van der Waals surface area (Å²) in [5.41, 5.74) is 3.47. The fourth-order valence-corrected chi connectivity index (χ4v) is 3.51. The second-order valence-electron chi connectivity index (χ2n) is 7.21. The third-order valence-corrected chi connectivity index (χ3v) is 5.11. The van der Waals surface area contributed by atoms with Gasteiger partial charge in [-0.25, -0.2) is 4.98 Å². The molecular weight excluding hydrogens is 398 g/mol. The maximum atomic E-state index is 13.3. The zero-order valence-electron chi connectivity index (χ0n) is 18.0. The first-order chi connectivity index (χ1) is 14.9. The molecule has 4 aromatic rings. The Morgan fingerprint density at radius 1 is 1.23 bits per heavy atom. The smallest absolute Gasteiger partial charge is 0.259 e. The van der Waals surface area contributed by atoms with Crippen LogP contribution in [0.2, 0.25) is 0 Å². The van der Waals surface area contributed by atoms with Gasteiger partial charge >= 0.3 is 0 Å². The van der Waals surface area contributed by atoms with Gasteiger partial charge in [0.2, 0.25) is 0 Å². The number of hydrogen-bond acceptors (Lipinski definition) is 7. The van der Waals surface area contributed by atoms with Crippen molar-refractivity contribution in [2.24, 2.45) is 7.05 Å². The highest BCUT2D eigenvalue weighted by Gasteiger charge is 2.22. The van der Waals surface area contributed by atoms with Crippen LogP contribution in [-0.2, 0) is 7.05 Å². The molecular formula is C22H23N5O4. The van der Waals surface area contributed by atoms with E-state index in [-0.39, 0.29) is 11.9 Å². The molecule has 9 nitrogen and oxygen atoms in total. The standard InChI is InChI=1S/C22H23N5O4/c1-12(16-8-15(29-4)6-7-19(16)30-5)24-21(28)17-9-18(14-10-23-27(3)11-14)25-22-20(17)13(2)26-31-22/h6-12H,1-5H3,(H,24,28)/t12-/m1/s1. The number of nitrogens with one attached hydrogen (secondary N) is 1. The lowest BCUT2D eigenvalue weighted by atomic mass is 10.0. The van der Waals surface area contributed by atoms with Crippen molar-refractivity contribution in [3.8, 4) is 22.8 Å². The van der Waals surface area contributed by atoms with Crippen LogP contribution in [0.1, 0.15) is 34.6 Å². The van der Waals surface area contributed by atoms with Crippen molar-refractivity contribution in [3.63, 3.8) is 0 Å². The van der Waals surface area contributed by atoms with Crippen LogP contribution in [0, 0.1) is 6.92 Å². The molecule has 0 unspecified atom stereocenters. The van der Waals surface area contributed by atoms with Crippen LogP contribution in [0.3, 0.4) is 0 Å². The van der Waals surface area contributed by atoms with Gasteiger partial charge in [0.05, 0.1) is 48.8 Å². The first kappa shape index (κ1) is 20.4. The normalized spacial score (nSPS) is 12.0. The Labute approximate surface area is 179 Å². The molecule has 3 heterocycles. The van der Waals surface area contributed by atoms with Gasteiger partial charge in [-0.15, -0.1) is 0 Å². The summed E-state index contributed by atoms with van der Waals surface area (Å²) < 4.78 is 17.8. The number of benzene rings is 1. The largest absolute Gasteiger partial charge is 0.497 e. The Morgan fingerprint density at radius 3 is 2.71 bits per heavy atom. The Hall–Kier alpha value is -3.88. The SMILES string of the molecule is COc1ccc(OC)c([C@@H](C)NC(=O)c2cc(-c3cnn(C)c3)nc3onc(C)c23)c1. The lowest BCUT2D eigenvalue weighted by Gasteiger charge is -2.18. The maximum Gasteiger partial charge on any atom is 0.259 e. The summed E-state index contributed by atoms with van der Waals surface area (Å²) in [6, 6.07) is 6.85. The Bertz CT molecular complexity index is 1260. The molecule has 4 rings (SSSR count). The van der Waals surface area contributed by atoms with E-state index in [4.69, 9.17) is 14.0 Å². The number of aryl methyl sites for hydroxylation is 2. The first-order valence-corrected chi connectivity index (χ1v) is 9.70. The summed E-state index contributed by atoms with van der Waals surface area (Å²) in [6.45, 7) is 3.67. The Kier molecular flexibility index (Phi) is 5.33. The predicted octanol–water partition coefficient (Wildman–Crippen LogP) is 3.44. The molecule has 0 fully saturated rings. The van der Waals surface area contributed by atoms with E-state index >= 15 is 0 Å². The highest BCUT2D eigenvalue weighted by Crippen LogP contribution is 2.31. The molecule has 0 bridgehead atoms. The number of fused-ring (bicyclic) bond motifs is 1. The Morgan fingerprint density at radius 2 is 2.03 bits per heavy atom. The topological polar surface area (TPSA) is 104 Å². The second-order valence-corrected chi connectivity index (χ2v) is 7.21. The molecule has 1 atom stereocenters. The number of methoxy groups -OCH3 is 2. The van der Waals surface area contributed by atoms with E-state index in [9.17, 15) is 4.79 Å². The van der Waals surface area contributed by atoms with Gasteiger partial charge < -0.3 is 19.3 Å². The van der Waals surface area contributed by atoms with E-state index in [1.54, 1.807) is 38.1 Å². The summed E-state index contributed by atoms with van der Waals surface area (Å²) in [5.74, 6) is 1.06. The van der Waals surface area contributed by atoms with E-state index in [1.807, 2.05) is 38.4 Å². The fraction of sp³-hybridized carbons (Fsp3) is 0.273. The van der Waals surface area contributed by atoms with E-state index in [0.29, 0.717) is 39.6 Å². The van der Waals surface area contributed by atoms with Crippen LogP contribution in [0.25, 0.3) is 22.4 Å². The molecule has 1 N–H and O–H groups in total. The van der Waals surface area contributed by atoms with Gasteiger partial charge in [0.1, 0.15) is 11.5 Å². The van der Waals surface area contributed by atoms with E-state index in [1.165, 1.54) is 0 Å². The van der Waals surface area contributed by atoms with E-state index < -0.39 is 0 Å². The van der Waals surface area contributed by atoms with Crippen LogP contribution in [0.4, 0.5) is 0 Å². The molecule has 0 saturated carbocycles. The second kappa shape index (κ2) is 8.10. The Balaban J connectivity index is 1.73. The predicted molar refractivity (Wildman–Crippen MR) is 114 cm³/mol. The van der Waals surface area contributed by atoms with Crippen molar-refractivity contribution < 1.29 is 18.8 Å². The molecule has 31 heavy (non-hydrogen) atoms. The van der Waals surface area contributed by atoms with Crippen molar-refractivity contribution in [2.75, 3.05) is 14.2 Å². The average Bonchev–Trinajstić information content (AvgIpc) is 3.38. The highest BCUT2D eigenvalue weighted by atomic mass is 16.5. The molecule has 0 aliphatic carbocycles. The minimum absolute atomic E-state index is 0.277. The third kappa shape index (κ3) is 3.81. The number of aromatic nitrogens is 4. The number of pyridine rings is 1. The lowest BCUT2D eigenvalue weighted by Crippen LogP contribution is -2.27. The number of carbonyl (C=O) groups excluding carboxylic acids is 1. The van der Waals surface area contributed by atoms with Crippen molar-refractivity contribution in [1.29, 1.82) is 0 Å². The van der Waals surface area contributed by atoms with Crippen LogP contribution < -0.4 is 14.8 Å². The molecule has 3 aromatic heterocycles. The van der Waals surface area contributed by atoms with Gasteiger partial charge in [-0.3, -0.25) is 9.48 Å². The van der Waals surface area contributed by atoms with Crippen molar-refractivity contribution >= 4 is 17.0 Å². The van der Waals surface area contributed by atoms with Crippen molar-refractivity contribution in [1.82, 2.24) is 25.2 Å². The highest BCUT2D eigenvalue weighted by molar-refractivity contribution is 6.07.